The first-order valence-electron chi connectivity index (χ1n) is 7.55. The topological polar surface area (TPSA) is 97.6 Å². The van der Waals surface area contributed by atoms with Gasteiger partial charge in [-0.2, -0.15) is 0 Å². The molecule has 2 amide bonds. The van der Waals surface area contributed by atoms with Gasteiger partial charge in [0.15, 0.2) is 0 Å². The zero-order valence-electron chi connectivity index (χ0n) is 13.4. The predicted octanol–water partition coefficient (Wildman–Crippen LogP) is 2.12. The third kappa shape index (κ3) is 5.35. The molecule has 130 valence electrons. The Morgan fingerprint density at radius 2 is 1.92 bits per heavy atom. The average molecular weight is 342 g/mol. The fraction of sp³-hybridized carbons (Fsp3) is 0.167. The standard InChI is InChI=1S/C18H18N2O5/c1-2-10-25-18(23)20-15(13-7-4-3-5-8-13)16(21)17(22)19-12-14-9-6-11-24-14/h2-9,11,15H,1,10,12H2,(H,19,22)(H,20,23). The molecule has 0 radical (unpaired) electrons. The highest BCUT2D eigenvalue weighted by Crippen LogP contribution is 2.14. The number of nitrogens with one attached hydrogen (secondary N) is 2. The molecule has 2 rings (SSSR count). The lowest BCUT2D eigenvalue weighted by Gasteiger charge is -2.17. The summed E-state index contributed by atoms with van der Waals surface area (Å²) in [6.45, 7) is 3.50. The molecule has 0 spiro atoms. The lowest BCUT2D eigenvalue weighted by Crippen LogP contribution is -2.42. The highest BCUT2D eigenvalue weighted by Gasteiger charge is 2.28. The number of ether oxygens (including phenoxy) is 1. The summed E-state index contributed by atoms with van der Waals surface area (Å²) in [5.74, 6) is -1.14. The Labute approximate surface area is 144 Å². The molecule has 7 heteroatoms. The highest BCUT2D eigenvalue weighted by molar-refractivity contribution is 6.38. The van der Waals surface area contributed by atoms with Crippen molar-refractivity contribution in [3.63, 3.8) is 0 Å². The maximum Gasteiger partial charge on any atom is 0.408 e. The van der Waals surface area contributed by atoms with Crippen LogP contribution in [0.3, 0.4) is 0 Å². The summed E-state index contributed by atoms with van der Waals surface area (Å²) in [5.41, 5.74) is 0.469. The van der Waals surface area contributed by atoms with Crippen LogP contribution < -0.4 is 10.6 Å². The minimum absolute atomic E-state index is 0.00771. The van der Waals surface area contributed by atoms with E-state index in [0.717, 1.165) is 0 Å². The second kappa shape index (κ2) is 9.07. The number of alkyl carbamates (subject to hydrolysis) is 1. The number of hydrogen-bond acceptors (Lipinski definition) is 5. The Hall–Kier alpha value is -3.35. The van der Waals surface area contributed by atoms with E-state index in [4.69, 9.17) is 9.15 Å². The molecule has 0 saturated carbocycles. The number of carbonyl (C=O) groups is 3. The van der Waals surface area contributed by atoms with Crippen LogP contribution in [0.2, 0.25) is 0 Å². The maximum absolute atomic E-state index is 12.5. The van der Waals surface area contributed by atoms with Crippen LogP contribution in [0.15, 0.2) is 65.8 Å². The molecule has 1 heterocycles. The smallest absolute Gasteiger partial charge is 0.408 e. The van der Waals surface area contributed by atoms with Crippen LogP contribution in [0, 0.1) is 0 Å². The average Bonchev–Trinajstić information content (AvgIpc) is 3.16. The monoisotopic (exact) mass is 342 g/mol. The van der Waals surface area contributed by atoms with Gasteiger partial charge in [0.2, 0.25) is 5.78 Å². The van der Waals surface area contributed by atoms with E-state index in [-0.39, 0.29) is 13.2 Å². The van der Waals surface area contributed by atoms with Gasteiger partial charge in [0.05, 0.1) is 12.8 Å². The first-order valence-corrected chi connectivity index (χ1v) is 7.55. The molecule has 2 N–H and O–H groups in total. The fourth-order valence-electron chi connectivity index (χ4n) is 2.04. The van der Waals surface area contributed by atoms with Gasteiger partial charge in [-0.05, 0) is 17.7 Å². The van der Waals surface area contributed by atoms with Gasteiger partial charge in [-0.3, -0.25) is 9.59 Å². The van der Waals surface area contributed by atoms with Gasteiger partial charge >= 0.3 is 6.09 Å². The molecule has 0 saturated heterocycles. The van der Waals surface area contributed by atoms with Gasteiger partial charge < -0.3 is 19.8 Å². The maximum atomic E-state index is 12.5. The summed E-state index contributed by atoms with van der Waals surface area (Å²) in [5, 5.41) is 4.86. The van der Waals surface area contributed by atoms with Crippen LogP contribution in [0.5, 0.6) is 0 Å². The normalized spacial score (nSPS) is 11.2. The Morgan fingerprint density at radius 3 is 2.56 bits per heavy atom. The molecule has 0 bridgehead atoms. The quantitative estimate of drug-likeness (QED) is 0.566. The van der Waals surface area contributed by atoms with Crippen LogP contribution in [0.4, 0.5) is 4.79 Å². The van der Waals surface area contributed by atoms with Crippen molar-refractivity contribution in [2.75, 3.05) is 6.61 Å². The number of hydrogen-bond donors (Lipinski definition) is 2. The van der Waals surface area contributed by atoms with Crippen molar-refractivity contribution in [1.29, 1.82) is 0 Å². The molecular weight excluding hydrogens is 324 g/mol. The summed E-state index contributed by atoms with van der Waals surface area (Å²) in [4.78, 5) is 36.4. The number of rotatable bonds is 8. The van der Waals surface area contributed by atoms with Gasteiger partial charge in [0.1, 0.15) is 18.4 Å². The number of Topliss-reactive ketones (excluding diaryl/α,β-unsaturated/α-hetero) is 1. The van der Waals surface area contributed by atoms with Crippen LogP contribution in [-0.4, -0.2) is 24.4 Å². The van der Waals surface area contributed by atoms with Gasteiger partial charge in [-0.15, -0.1) is 0 Å². The van der Waals surface area contributed by atoms with Crippen LogP contribution in [0.1, 0.15) is 17.4 Å². The van der Waals surface area contributed by atoms with Crippen molar-refractivity contribution in [1.82, 2.24) is 10.6 Å². The van der Waals surface area contributed by atoms with E-state index in [1.165, 1.54) is 12.3 Å². The molecule has 1 unspecified atom stereocenters. The molecule has 0 aliphatic rings. The van der Waals surface area contributed by atoms with Crippen molar-refractivity contribution in [3.8, 4) is 0 Å². The first-order chi connectivity index (χ1) is 12.1. The van der Waals surface area contributed by atoms with Crippen LogP contribution in [0.25, 0.3) is 0 Å². The molecule has 0 aliphatic heterocycles. The zero-order chi connectivity index (χ0) is 18.1. The molecule has 1 aromatic carbocycles. The number of ketones is 1. The van der Waals surface area contributed by atoms with E-state index < -0.39 is 23.8 Å². The van der Waals surface area contributed by atoms with Crippen molar-refractivity contribution < 1.29 is 23.5 Å². The van der Waals surface area contributed by atoms with E-state index in [2.05, 4.69) is 17.2 Å². The SMILES string of the molecule is C=CCOC(=O)NC(C(=O)C(=O)NCc1ccco1)c1ccccc1. The van der Waals surface area contributed by atoms with E-state index in [9.17, 15) is 14.4 Å². The molecule has 0 fully saturated rings. The van der Waals surface area contributed by atoms with Crippen LogP contribution in [-0.2, 0) is 20.9 Å². The van der Waals surface area contributed by atoms with Crippen molar-refractivity contribution in [2.24, 2.45) is 0 Å². The molecular formula is C18H18N2O5. The Bertz CT molecular complexity index is 725. The summed E-state index contributed by atoms with van der Waals surface area (Å²) in [6.07, 6.45) is 2.04. The molecule has 7 nitrogen and oxygen atoms in total. The van der Waals surface area contributed by atoms with Gasteiger partial charge in [0.25, 0.3) is 5.91 Å². The molecule has 0 aliphatic carbocycles. The molecule has 2 aromatic rings. The second-order valence-electron chi connectivity index (χ2n) is 5.00. The number of amides is 2. The summed E-state index contributed by atoms with van der Waals surface area (Å²) in [6, 6.07) is 10.6. The lowest BCUT2D eigenvalue weighted by molar-refractivity contribution is -0.139. The minimum atomic E-state index is -1.16. The number of benzene rings is 1. The van der Waals surface area contributed by atoms with E-state index >= 15 is 0 Å². The third-order valence-corrected chi connectivity index (χ3v) is 3.22. The Morgan fingerprint density at radius 1 is 1.16 bits per heavy atom. The molecule has 1 aromatic heterocycles. The number of carbonyl (C=O) groups excluding carboxylic acids is 3. The fourth-order valence-corrected chi connectivity index (χ4v) is 2.04. The Balaban J connectivity index is 2.07. The van der Waals surface area contributed by atoms with E-state index in [1.807, 2.05) is 0 Å². The van der Waals surface area contributed by atoms with Gasteiger partial charge in [-0.1, -0.05) is 43.0 Å². The first kappa shape index (κ1) is 18.0. The summed E-state index contributed by atoms with van der Waals surface area (Å²) >= 11 is 0. The van der Waals surface area contributed by atoms with Crippen molar-refractivity contribution in [2.45, 2.75) is 12.6 Å². The van der Waals surface area contributed by atoms with Crippen LogP contribution >= 0.6 is 0 Å². The van der Waals surface area contributed by atoms with Crippen molar-refractivity contribution >= 4 is 17.8 Å². The van der Waals surface area contributed by atoms with E-state index in [1.54, 1.807) is 42.5 Å². The van der Waals surface area contributed by atoms with Gasteiger partial charge in [-0.25, -0.2) is 4.79 Å². The lowest BCUT2D eigenvalue weighted by atomic mass is 10.0. The predicted molar refractivity (Wildman–Crippen MR) is 89.4 cm³/mol. The van der Waals surface area contributed by atoms with Crippen molar-refractivity contribution in [3.05, 3.63) is 72.7 Å². The summed E-state index contributed by atoms with van der Waals surface area (Å²) < 4.78 is 9.92. The second-order valence-corrected chi connectivity index (χ2v) is 5.00. The largest absolute Gasteiger partial charge is 0.467 e. The minimum Gasteiger partial charge on any atom is -0.467 e. The zero-order valence-corrected chi connectivity index (χ0v) is 13.4. The number of furan rings is 1. The van der Waals surface area contributed by atoms with Gasteiger partial charge in [0, 0.05) is 0 Å². The molecule has 25 heavy (non-hydrogen) atoms. The molecule has 1 atom stereocenters. The van der Waals surface area contributed by atoms with E-state index in [0.29, 0.717) is 11.3 Å². The third-order valence-electron chi connectivity index (χ3n) is 3.22. The highest BCUT2D eigenvalue weighted by atomic mass is 16.5. The Kier molecular flexibility index (Phi) is 6.53. The summed E-state index contributed by atoms with van der Waals surface area (Å²) in [7, 11) is 0.